The van der Waals surface area contributed by atoms with E-state index in [2.05, 4.69) is 5.10 Å². The van der Waals surface area contributed by atoms with Crippen molar-refractivity contribution >= 4 is 23.7 Å². The summed E-state index contributed by atoms with van der Waals surface area (Å²) in [4.78, 5) is 12.4. The van der Waals surface area contributed by atoms with Crippen LogP contribution < -0.4 is 11.0 Å². The highest BCUT2D eigenvalue weighted by Crippen LogP contribution is 2.06. The van der Waals surface area contributed by atoms with Crippen LogP contribution in [0.15, 0.2) is 59.5 Å². The Hall–Kier alpha value is -2.40. The molecule has 4 nitrogen and oxygen atoms in total. The number of rotatable bonds is 4. The zero-order valence-electron chi connectivity index (χ0n) is 11.6. The molecule has 0 saturated carbocycles. The molecule has 3 rings (SSSR count). The molecule has 104 valence electrons. The molecule has 0 radical (unpaired) electrons. The fourth-order valence-electron chi connectivity index (χ4n) is 2.37. The maximum atomic E-state index is 12.4. The first-order chi connectivity index (χ1) is 10.3. The summed E-state index contributed by atoms with van der Waals surface area (Å²) in [5.41, 5.74) is 1.88. The Morgan fingerprint density at radius 3 is 2.71 bits per heavy atom. The van der Waals surface area contributed by atoms with E-state index in [1.165, 1.54) is 10.2 Å². The van der Waals surface area contributed by atoms with Crippen LogP contribution in [0.3, 0.4) is 0 Å². The molecule has 21 heavy (non-hydrogen) atoms. The average molecular weight is 278 g/mol. The maximum absolute atomic E-state index is 12.4. The van der Waals surface area contributed by atoms with Crippen LogP contribution in [-0.2, 0) is 13.0 Å². The molecule has 2 aromatic carbocycles. The summed E-state index contributed by atoms with van der Waals surface area (Å²) in [6, 6.07) is 15.4. The van der Waals surface area contributed by atoms with Gasteiger partial charge in [0.15, 0.2) is 0 Å². The smallest absolute Gasteiger partial charge is 0.304 e. The summed E-state index contributed by atoms with van der Waals surface area (Å²) in [6.45, 7) is 0.556. The van der Waals surface area contributed by atoms with Crippen molar-refractivity contribution in [2.24, 2.45) is 0 Å². The van der Waals surface area contributed by atoms with Crippen molar-refractivity contribution in [1.29, 1.82) is 0 Å². The second kappa shape index (κ2) is 5.93. The van der Waals surface area contributed by atoms with Gasteiger partial charge in [0.25, 0.3) is 5.56 Å². The Kier molecular flexibility index (Phi) is 3.84. The topological polar surface area (TPSA) is 55.1 Å². The van der Waals surface area contributed by atoms with E-state index in [1.54, 1.807) is 24.4 Å². The van der Waals surface area contributed by atoms with Gasteiger partial charge < -0.3 is 5.02 Å². The SMILES string of the molecule is O=c1c2ccc(BO)cc2cnn1CCc1ccccc1. The van der Waals surface area contributed by atoms with Crippen molar-refractivity contribution in [3.8, 4) is 0 Å². The molecule has 0 bridgehead atoms. The molecular formula is C16H15BN2O2. The Labute approximate surface area is 122 Å². The van der Waals surface area contributed by atoms with Crippen molar-refractivity contribution in [1.82, 2.24) is 9.78 Å². The number of fused-ring (bicyclic) bond motifs is 1. The van der Waals surface area contributed by atoms with E-state index >= 15 is 0 Å². The molecule has 3 aromatic rings. The van der Waals surface area contributed by atoms with Gasteiger partial charge in [-0.25, -0.2) is 4.68 Å². The van der Waals surface area contributed by atoms with E-state index in [0.717, 1.165) is 17.3 Å². The zero-order chi connectivity index (χ0) is 14.7. The van der Waals surface area contributed by atoms with Crippen molar-refractivity contribution in [3.63, 3.8) is 0 Å². The fourth-order valence-corrected chi connectivity index (χ4v) is 2.37. The minimum atomic E-state index is -0.0899. The molecule has 0 aliphatic heterocycles. The molecule has 0 amide bonds. The quantitative estimate of drug-likeness (QED) is 0.711. The highest BCUT2D eigenvalue weighted by molar-refractivity contribution is 6.45. The van der Waals surface area contributed by atoms with E-state index in [0.29, 0.717) is 11.9 Å². The van der Waals surface area contributed by atoms with Crippen LogP contribution in [0.2, 0.25) is 0 Å². The third-order valence-electron chi connectivity index (χ3n) is 3.55. The lowest BCUT2D eigenvalue weighted by atomic mass is 9.88. The summed E-state index contributed by atoms with van der Waals surface area (Å²) in [5, 5.41) is 14.7. The third-order valence-corrected chi connectivity index (χ3v) is 3.55. The minimum absolute atomic E-state index is 0.0347. The monoisotopic (exact) mass is 278 g/mol. The van der Waals surface area contributed by atoms with Gasteiger partial charge in [0.2, 0.25) is 0 Å². The predicted octanol–water partition coefficient (Wildman–Crippen LogP) is 0.608. The number of aromatic nitrogens is 2. The third kappa shape index (κ3) is 2.88. The van der Waals surface area contributed by atoms with Crippen LogP contribution in [-0.4, -0.2) is 22.3 Å². The molecule has 5 heteroatoms. The van der Waals surface area contributed by atoms with Gasteiger partial charge in [-0.05, 0) is 18.1 Å². The number of aryl methyl sites for hydroxylation is 2. The first-order valence-corrected chi connectivity index (χ1v) is 6.91. The van der Waals surface area contributed by atoms with Crippen LogP contribution >= 0.6 is 0 Å². The average Bonchev–Trinajstić information content (AvgIpc) is 2.55. The standard InChI is InChI=1S/C16H15BN2O2/c20-16-15-7-6-14(17-21)10-13(15)11-18-19(16)9-8-12-4-2-1-3-5-12/h1-7,10-11,17,21H,8-9H2. The first kappa shape index (κ1) is 13.6. The molecule has 1 aromatic heterocycles. The van der Waals surface area contributed by atoms with Gasteiger partial charge in [0.1, 0.15) is 0 Å². The normalized spacial score (nSPS) is 10.7. The van der Waals surface area contributed by atoms with Gasteiger partial charge >= 0.3 is 7.48 Å². The molecule has 0 aliphatic carbocycles. The Bertz CT molecular complexity index is 815. The molecule has 0 spiro atoms. The Morgan fingerprint density at radius 1 is 1.14 bits per heavy atom. The Balaban J connectivity index is 1.90. The molecule has 1 heterocycles. The van der Waals surface area contributed by atoms with Gasteiger partial charge in [-0.15, -0.1) is 0 Å². The van der Waals surface area contributed by atoms with Crippen LogP contribution in [0.25, 0.3) is 10.8 Å². The minimum Gasteiger partial charge on any atom is -0.449 e. The predicted molar refractivity (Wildman–Crippen MR) is 85.2 cm³/mol. The molecule has 1 N–H and O–H groups in total. The summed E-state index contributed by atoms with van der Waals surface area (Å²) >= 11 is 0. The van der Waals surface area contributed by atoms with Crippen molar-refractivity contribution in [2.75, 3.05) is 0 Å². The zero-order valence-corrected chi connectivity index (χ0v) is 11.6. The highest BCUT2D eigenvalue weighted by Gasteiger charge is 2.05. The van der Waals surface area contributed by atoms with Crippen molar-refractivity contribution < 1.29 is 5.02 Å². The summed E-state index contributed by atoms with van der Waals surface area (Å²) in [5.74, 6) is 0. The van der Waals surface area contributed by atoms with Gasteiger partial charge in [-0.2, -0.15) is 5.10 Å². The number of hydrogen-bond donors (Lipinski definition) is 1. The molecule has 0 fully saturated rings. The summed E-state index contributed by atoms with van der Waals surface area (Å²) in [6.07, 6.45) is 2.45. The second-order valence-electron chi connectivity index (χ2n) is 4.99. The summed E-state index contributed by atoms with van der Waals surface area (Å²) in [7, 11) is -0.0347. The second-order valence-corrected chi connectivity index (χ2v) is 4.99. The molecule has 0 atom stereocenters. The van der Waals surface area contributed by atoms with Gasteiger partial charge in [0, 0.05) is 11.9 Å². The maximum Gasteiger partial charge on any atom is 0.304 e. The van der Waals surface area contributed by atoms with Crippen molar-refractivity contribution in [3.05, 3.63) is 70.6 Å². The fraction of sp³-hybridized carbons (Fsp3) is 0.125. The van der Waals surface area contributed by atoms with Crippen LogP contribution in [0, 0.1) is 0 Å². The van der Waals surface area contributed by atoms with Crippen molar-refractivity contribution in [2.45, 2.75) is 13.0 Å². The molecule has 0 saturated heterocycles. The van der Waals surface area contributed by atoms with E-state index in [1.807, 2.05) is 30.3 Å². The Morgan fingerprint density at radius 2 is 1.95 bits per heavy atom. The lowest BCUT2D eigenvalue weighted by molar-refractivity contribution is 0.584. The van der Waals surface area contributed by atoms with Crippen LogP contribution in [0.4, 0.5) is 0 Å². The van der Waals surface area contributed by atoms with E-state index < -0.39 is 0 Å². The number of nitrogens with zero attached hydrogens (tertiary/aromatic N) is 2. The van der Waals surface area contributed by atoms with Gasteiger partial charge in [-0.3, -0.25) is 4.79 Å². The van der Waals surface area contributed by atoms with Crippen LogP contribution in [0.5, 0.6) is 0 Å². The highest BCUT2D eigenvalue weighted by atomic mass is 16.2. The lowest BCUT2D eigenvalue weighted by Gasteiger charge is -2.06. The van der Waals surface area contributed by atoms with Gasteiger partial charge in [-0.1, -0.05) is 47.9 Å². The molecule has 0 aliphatic rings. The summed E-state index contributed by atoms with van der Waals surface area (Å²) < 4.78 is 1.49. The number of benzene rings is 2. The number of hydrogen-bond acceptors (Lipinski definition) is 3. The first-order valence-electron chi connectivity index (χ1n) is 6.91. The lowest BCUT2D eigenvalue weighted by Crippen LogP contribution is -2.24. The van der Waals surface area contributed by atoms with E-state index in [4.69, 9.17) is 5.02 Å². The molecule has 0 unspecified atom stereocenters. The largest absolute Gasteiger partial charge is 0.449 e. The van der Waals surface area contributed by atoms with Crippen LogP contribution in [0.1, 0.15) is 5.56 Å². The molecular weight excluding hydrogens is 263 g/mol. The van der Waals surface area contributed by atoms with E-state index in [-0.39, 0.29) is 13.0 Å². The van der Waals surface area contributed by atoms with E-state index in [9.17, 15) is 4.79 Å². The van der Waals surface area contributed by atoms with Gasteiger partial charge in [0.05, 0.1) is 11.6 Å².